The van der Waals surface area contributed by atoms with E-state index < -0.39 is 0 Å². The van der Waals surface area contributed by atoms with E-state index in [4.69, 9.17) is 11.6 Å². The molecule has 2 aromatic carbocycles. The van der Waals surface area contributed by atoms with Crippen LogP contribution in [0.1, 0.15) is 35.4 Å². The van der Waals surface area contributed by atoms with Gasteiger partial charge in [0.15, 0.2) is 0 Å². The molecule has 18 heavy (non-hydrogen) atoms. The monoisotopic (exact) mass is 370 g/mol. The summed E-state index contributed by atoms with van der Waals surface area (Å²) in [6, 6.07) is 17.0. The minimum Gasteiger partial charge on any atom is -0.113 e. The van der Waals surface area contributed by atoms with Gasteiger partial charge in [0.25, 0.3) is 0 Å². The molecule has 0 aliphatic carbocycles. The average Bonchev–Trinajstić information content (AvgIpc) is 2.40. The number of hydrogen-bond donors (Lipinski definition) is 0. The highest BCUT2D eigenvalue weighted by Gasteiger charge is 2.10. The van der Waals surface area contributed by atoms with Gasteiger partial charge in [0, 0.05) is 3.57 Å². The molecule has 0 fully saturated rings. The molecule has 2 aromatic rings. The highest BCUT2D eigenvalue weighted by atomic mass is 127. The third-order valence-electron chi connectivity index (χ3n) is 2.97. The Balaban J connectivity index is 2.17. The third kappa shape index (κ3) is 3.48. The van der Waals surface area contributed by atoms with Crippen LogP contribution in [-0.4, -0.2) is 0 Å². The summed E-state index contributed by atoms with van der Waals surface area (Å²) >= 11 is 8.82. The molecule has 0 amide bonds. The van der Waals surface area contributed by atoms with Crippen LogP contribution in [0.2, 0.25) is 0 Å². The number of rotatable bonds is 4. The molecule has 0 aliphatic rings. The van der Waals surface area contributed by atoms with E-state index in [1.807, 2.05) is 0 Å². The molecule has 0 spiro atoms. The van der Waals surface area contributed by atoms with Gasteiger partial charge >= 0.3 is 0 Å². The predicted octanol–water partition coefficient (Wildman–Crippen LogP) is 5.57. The van der Waals surface area contributed by atoms with E-state index in [-0.39, 0.29) is 5.38 Å². The fourth-order valence-electron chi connectivity index (χ4n) is 1.97. The van der Waals surface area contributed by atoms with Gasteiger partial charge in [-0.15, -0.1) is 11.6 Å². The molecule has 0 nitrogen and oxygen atoms in total. The van der Waals surface area contributed by atoms with Crippen LogP contribution < -0.4 is 0 Å². The molecule has 0 saturated carbocycles. The van der Waals surface area contributed by atoms with Crippen LogP contribution in [0.25, 0.3) is 0 Å². The summed E-state index contributed by atoms with van der Waals surface area (Å²) in [5.74, 6) is 0. The summed E-state index contributed by atoms with van der Waals surface area (Å²) < 4.78 is 1.23. The summed E-state index contributed by atoms with van der Waals surface area (Å²) in [4.78, 5) is 0. The van der Waals surface area contributed by atoms with Crippen molar-refractivity contribution in [2.75, 3.05) is 0 Å². The molecule has 0 radical (unpaired) electrons. The van der Waals surface area contributed by atoms with E-state index >= 15 is 0 Å². The number of halogens is 2. The first-order chi connectivity index (χ1) is 8.70. The zero-order valence-electron chi connectivity index (χ0n) is 10.4. The van der Waals surface area contributed by atoms with Crippen molar-refractivity contribution in [3.63, 3.8) is 0 Å². The Bertz CT molecular complexity index is 488. The second-order valence-corrected chi connectivity index (χ2v) is 6.09. The third-order valence-corrected chi connectivity index (χ3v) is 4.20. The first-order valence-electron chi connectivity index (χ1n) is 6.19. The topological polar surface area (TPSA) is 0 Å². The predicted molar refractivity (Wildman–Crippen MR) is 87.3 cm³/mol. The molecule has 2 rings (SSSR count). The van der Waals surface area contributed by atoms with Crippen LogP contribution in [0, 0.1) is 3.57 Å². The molecule has 0 N–H and O–H groups in total. The minimum absolute atomic E-state index is 0.0577. The Hall–Kier alpha value is -0.540. The molecular formula is C16H16ClI. The van der Waals surface area contributed by atoms with E-state index in [0.29, 0.717) is 0 Å². The molecule has 0 aromatic heterocycles. The lowest BCUT2D eigenvalue weighted by Gasteiger charge is -2.11. The van der Waals surface area contributed by atoms with Gasteiger partial charge in [0.05, 0.1) is 5.38 Å². The van der Waals surface area contributed by atoms with Crippen molar-refractivity contribution < 1.29 is 0 Å². The van der Waals surface area contributed by atoms with Gasteiger partial charge in [0.1, 0.15) is 0 Å². The Morgan fingerprint density at radius 3 is 1.94 bits per heavy atom. The largest absolute Gasteiger partial charge is 0.113 e. The smallest absolute Gasteiger partial charge is 0.0835 e. The Kier molecular flexibility index (Phi) is 5.07. The average molecular weight is 371 g/mol. The van der Waals surface area contributed by atoms with Gasteiger partial charge in [-0.3, -0.25) is 0 Å². The normalized spacial score (nSPS) is 12.4. The van der Waals surface area contributed by atoms with E-state index in [1.165, 1.54) is 15.6 Å². The van der Waals surface area contributed by atoms with E-state index in [9.17, 15) is 0 Å². The van der Waals surface area contributed by atoms with Crippen molar-refractivity contribution in [3.05, 3.63) is 68.8 Å². The van der Waals surface area contributed by atoms with Crippen molar-refractivity contribution in [2.45, 2.75) is 25.1 Å². The summed E-state index contributed by atoms with van der Waals surface area (Å²) in [6.07, 6.45) is 2.32. The number of hydrogen-bond acceptors (Lipinski definition) is 0. The van der Waals surface area contributed by atoms with Crippen LogP contribution in [0.4, 0.5) is 0 Å². The molecule has 0 saturated heterocycles. The van der Waals surface area contributed by atoms with E-state index in [0.717, 1.165) is 17.5 Å². The zero-order valence-corrected chi connectivity index (χ0v) is 13.3. The van der Waals surface area contributed by atoms with Gasteiger partial charge in [-0.05, 0) is 57.8 Å². The van der Waals surface area contributed by atoms with Crippen molar-refractivity contribution in [3.8, 4) is 0 Å². The number of alkyl halides is 1. The highest BCUT2D eigenvalue weighted by molar-refractivity contribution is 14.1. The van der Waals surface area contributed by atoms with E-state index in [1.54, 1.807) is 0 Å². The molecule has 94 valence electrons. The summed E-state index contributed by atoms with van der Waals surface area (Å²) in [7, 11) is 0. The number of benzene rings is 2. The van der Waals surface area contributed by atoms with Crippen LogP contribution in [0.5, 0.6) is 0 Å². The quantitative estimate of drug-likeness (QED) is 0.487. The SMILES string of the molecule is CCCc1ccc(C(Cl)c2ccc(I)cc2)cc1. The van der Waals surface area contributed by atoms with Crippen molar-refractivity contribution in [1.82, 2.24) is 0 Å². The summed E-state index contributed by atoms with van der Waals surface area (Å²) in [6.45, 7) is 2.20. The molecule has 0 heterocycles. The van der Waals surface area contributed by atoms with Gasteiger partial charge in [-0.2, -0.15) is 0 Å². The Labute approximate surface area is 128 Å². The maximum atomic E-state index is 6.51. The van der Waals surface area contributed by atoms with Crippen molar-refractivity contribution >= 4 is 34.2 Å². The lowest BCUT2D eigenvalue weighted by molar-refractivity contribution is 0.920. The van der Waals surface area contributed by atoms with Crippen molar-refractivity contribution in [1.29, 1.82) is 0 Å². The van der Waals surface area contributed by atoms with Crippen LogP contribution >= 0.6 is 34.2 Å². The lowest BCUT2D eigenvalue weighted by Crippen LogP contribution is -1.94. The highest BCUT2D eigenvalue weighted by Crippen LogP contribution is 2.29. The minimum atomic E-state index is -0.0577. The first kappa shape index (κ1) is 13.9. The maximum Gasteiger partial charge on any atom is 0.0835 e. The fraction of sp³-hybridized carbons (Fsp3) is 0.250. The standard InChI is InChI=1S/C16H16ClI/c1-2-3-12-4-6-13(7-5-12)16(17)14-8-10-15(18)11-9-14/h4-11,16H,2-3H2,1H3. The molecule has 1 unspecified atom stereocenters. The molecule has 2 heteroatoms. The molecule has 0 bridgehead atoms. The van der Waals surface area contributed by atoms with Crippen LogP contribution in [0.3, 0.4) is 0 Å². The second-order valence-electron chi connectivity index (χ2n) is 4.41. The van der Waals surface area contributed by atoms with Gasteiger partial charge in [0.2, 0.25) is 0 Å². The van der Waals surface area contributed by atoms with E-state index in [2.05, 4.69) is 78.0 Å². The second kappa shape index (κ2) is 6.58. The van der Waals surface area contributed by atoms with Crippen LogP contribution in [-0.2, 0) is 6.42 Å². The van der Waals surface area contributed by atoms with Gasteiger partial charge in [-0.25, -0.2) is 0 Å². The van der Waals surface area contributed by atoms with Crippen LogP contribution in [0.15, 0.2) is 48.5 Å². The Morgan fingerprint density at radius 2 is 1.44 bits per heavy atom. The van der Waals surface area contributed by atoms with Crippen molar-refractivity contribution in [2.24, 2.45) is 0 Å². The van der Waals surface area contributed by atoms with Gasteiger partial charge in [-0.1, -0.05) is 49.7 Å². The fourth-order valence-corrected chi connectivity index (χ4v) is 2.62. The lowest BCUT2D eigenvalue weighted by atomic mass is 10.0. The van der Waals surface area contributed by atoms with Gasteiger partial charge < -0.3 is 0 Å². The molecular weight excluding hydrogens is 355 g/mol. The number of aryl methyl sites for hydroxylation is 1. The maximum absolute atomic E-state index is 6.51. The summed E-state index contributed by atoms with van der Waals surface area (Å²) in [5.41, 5.74) is 3.70. The molecule has 0 aliphatic heterocycles. The molecule has 1 atom stereocenters. The first-order valence-corrected chi connectivity index (χ1v) is 7.70. The Morgan fingerprint density at radius 1 is 0.944 bits per heavy atom. The summed E-state index contributed by atoms with van der Waals surface area (Å²) in [5, 5.41) is -0.0577. The zero-order chi connectivity index (χ0) is 13.0.